The molecule has 2 amide bonds. The maximum atomic E-state index is 12.0. The number of nitrogens with zero attached hydrogens (tertiary/aromatic N) is 3. The number of hydrogen-bond acceptors (Lipinski definition) is 5. The number of rotatable bonds is 6. The molecule has 1 atom stereocenters. The molecule has 0 radical (unpaired) electrons. The number of aryl methyl sites for hydroxylation is 1. The van der Waals surface area contributed by atoms with Gasteiger partial charge in [0.1, 0.15) is 12.2 Å². The van der Waals surface area contributed by atoms with Gasteiger partial charge in [-0.15, -0.1) is 0 Å². The third-order valence-corrected chi connectivity index (χ3v) is 3.16. The lowest BCUT2D eigenvalue weighted by Gasteiger charge is -2.32. The lowest BCUT2D eigenvalue weighted by Crippen LogP contribution is -2.50. The number of nitrogens with one attached hydrogen (secondary N) is 2. The number of aromatic nitrogens is 3. The van der Waals surface area contributed by atoms with Gasteiger partial charge in [-0.2, -0.15) is 5.10 Å². The van der Waals surface area contributed by atoms with Gasteiger partial charge in [0.25, 0.3) is 0 Å². The van der Waals surface area contributed by atoms with E-state index >= 15 is 0 Å². The van der Waals surface area contributed by atoms with Gasteiger partial charge in [-0.05, 0) is 6.42 Å². The van der Waals surface area contributed by atoms with Crippen LogP contribution in [0.5, 0.6) is 0 Å². The maximum absolute atomic E-state index is 12.0. The Hall–Kier alpha value is -2.16. The third-order valence-electron chi connectivity index (χ3n) is 3.16. The molecule has 1 aliphatic rings. The van der Waals surface area contributed by atoms with E-state index in [2.05, 4.69) is 20.5 Å². The topological polar surface area (TPSA) is 120 Å². The summed E-state index contributed by atoms with van der Waals surface area (Å²) in [6, 6.07) is -0.189. The molecular formula is C12H19N5O4. The Bertz CT molecular complexity index is 464. The van der Waals surface area contributed by atoms with Gasteiger partial charge >= 0.3 is 12.0 Å². The van der Waals surface area contributed by atoms with Crippen molar-refractivity contribution in [1.29, 1.82) is 0 Å². The number of H-pyrrole nitrogens is 1. The second-order valence-electron chi connectivity index (χ2n) is 4.80. The molecule has 9 nitrogen and oxygen atoms in total. The van der Waals surface area contributed by atoms with Gasteiger partial charge in [0.2, 0.25) is 0 Å². The van der Waals surface area contributed by atoms with Crippen LogP contribution < -0.4 is 5.32 Å². The van der Waals surface area contributed by atoms with E-state index in [0.29, 0.717) is 32.7 Å². The predicted octanol–water partition coefficient (Wildman–Crippen LogP) is -0.378. The highest BCUT2D eigenvalue weighted by molar-refractivity contribution is 5.74. The van der Waals surface area contributed by atoms with Crippen molar-refractivity contribution in [3.05, 3.63) is 12.2 Å². The van der Waals surface area contributed by atoms with E-state index in [0.717, 1.165) is 12.2 Å². The van der Waals surface area contributed by atoms with Crippen molar-refractivity contribution in [2.75, 3.05) is 26.2 Å². The zero-order valence-electron chi connectivity index (χ0n) is 11.6. The Labute approximate surface area is 121 Å². The Morgan fingerprint density at radius 1 is 1.57 bits per heavy atom. The SMILES string of the molecule is O=C(O)CC1CN(C(=O)NCCCc2ncn[nH]2)CCO1. The lowest BCUT2D eigenvalue weighted by atomic mass is 10.2. The Morgan fingerprint density at radius 3 is 3.14 bits per heavy atom. The summed E-state index contributed by atoms with van der Waals surface area (Å²) >= 11 is 0. The molecule has 0 aliphatic carbocycles. The van der Waals surface area contributed by atoms with E-state index in [-0.39, 0.29) is 12.5 Å². The van der Waals surface area contributed by atoms with Crippen LogP contribution in [0, 0.1) is 0 Å². The van der Waals surface area contributed by atoms with Crippen LogP contribution in [0.25, 0.3) is 0 Å². The zero-order chi connectivity index (χ0) is 15.1. The first-order valence-corrected chi connectivity index (χ1v) is 6.85. The molecule has 21 heavy (non-hydrogen) atoms. The highest BCUT2D eigenvalue weighted by Gasteiger charge is 2.25. The number of carboxylic acids is 1. The van der Waals surface area contributed by atoms with Crippen LogP contribution in [0.3, 0.4) is 0 Å². The first kappa shape index (κ1) is 15.2. The fourth-order valence-electron chi connectivity index (χ4n) is 2.14. The van der Waals surface area contributed by atoms with Crippen molar-refractivity contribution >= 4 is 12.0 Å². The normalized spacial score (nSPS) is 18.5. The highest BCUT2D eigenvalue weighted by Crippen LogP contribution is 2.08. The van der Waals surface area contributed by atoms with Crippen LogP contribution in [0.2, 0.25) is 0 Å². The molecule has 3 N–H and O–H groups in total. The van der Waals surface area contributed by atoms with E-state index in [9.17, 15) is 9.59 Å². The first-order valence-electron chi connectivity index (χ1n) is 6.85. The van der Waals surface area contributed by atoms with Crippen molar-refractivity contribution in [2.24, 2.45) is 0 Å². The summed E-state index contributed by atoms with van der Waals surface area (Å²) in [5.74, 6) is -0.133. The van der Waals surface area contributed by atoms with Crippen molar-refractivity contribution < 1.29 is 19.4 Å². The zero-order valence-corrected chi connectivity index (χ0v) is 11.6. The van der Waals surface area contributed by atoms with Crippen molar-refractivity contribution in [2.45, 2.75) is 25.4 Å². The molecule has 1 saturated heterocycles. The summed E-state index contributed by atoms with van der Waals surface area (Å²) in [5, 5.41) is 18.1. The molecular weight excluding hydrogens is 278 g/mol. The fraction of sp³-hybridized carbons (Fsp3) is 0.667. The number of morpholine rings is 1. The summed E-state index contributed by atoms with van der Waals surface area (Å²) in [5.41, 5.74) is 0. The monoisotopic (exact) mass is 297 g/mol. The van der Waals surface area contributed by atoms with Crippen molar-refractivity contribution in [1.82, 2.24) is 25.4 Å². The number of ether oxygens (including phenoxy) is 1. The van der Waals surface area contributed by atoms with Crippen LogP contribution in [-0.2, 0) is 16.0 Å². The third kappa shape index (κ3) is 5.03. The van der Waals surface area contributed by atoms with Gasteiger partial charge in [0.15, 0.2) is 0 Å². The number of carbonyl (C=O) groups excluding carboxylic acids is 1. The molecule has 2 rings (SSSR count). The van der Waals surface area contributed by atoms with Crippen molar-refractivity contribution in [3.63, 3.8) is 0 Å². The summed E-state index contributed by atoms with van der Waals surface area (Å²) in [6.45, 7) is 1.67. The smallest absolute Gasteiger partial charge is 0.317 e. The van der Waals surface area contributed by atoms with Crippen LogP contribution in [-0.4, -0.2) is 69.5 Å². The van der Waals surface area contributed by atoms with E-state index in [1.54, 1.807) is 4.90 Å². The number of aromatic amines is 1. The molecule has 1 aromatic rings. The molecule has 1 fully saturated rings. The minimum absolute atomic E-state index is 0.0880. The molecule has 0 aromatic carbocycles. The first-order chi connectivity index (χ1) is 10.1. The highest BCUT2D eigenvalue weighted by atomic mass is 16.5. The van der Waals surface area contributed by atoms with Gasteiger partial charge in [-0.3, -0.25) is 9.89 Å². The summed E-state index contributed by atoms with van der Waals surface area (Å²) in [4.78, 5) is 28.2. The van der Waals surface area contributed by atoms with E-state index < -0.39 is 12.1 Å². The molecule has 0 bridgehead atoms. The van der Waals surface area contributed by atoms with Crippen LogP contribution in [0.15, 0.2) is 6.33 Å². The summed E-state index contributed by atoms with van der Waals surface area (Å²) in [7, 11) is 0. The quantitative estimate of drug-likeness (QED) is 0.616. The average Bonchev–Trinajstić information content (AvgIpc) is 2.96. The van der Waals surface area contributed by atoms with Gasteiger partial charge in [-0.1, -0.05) is 0 Å². The molecule has 0 saturated carbocycles. The predicted molar refractivity (Wildman–Crippen MR) is 71.7 cm³/mol. The second-order valence-corrected chi connectivity index (χ2v) is 4.80. The van der Waals surface area contributed by atoms with Gasteiger partial charge in [0.05, 0.1) is 19.1 Å². The summed E-state index contributed by atoms with van der Waals surface area (Å²) in [6.07, 6.45) is 2.39. The van der Waals surface area contributed by atoms with Crippen LogP contribution in [0.4, 0.5) is 4.79 Å². The number of hydrogen-bond donors (Lipinski definition) is 3. The number of carbonyl (C=O) groups is 2. The standard InChI is InChI=1S/C12H19N5O4/c18-11(19)6-9-7-17(4-5-21-9)12(20)13-3-1-2-10-14-8-15-16-10/h8-9H,1-7H2,(H,13,20)(H,18,19)(H,14,15,16). The van der Waals surface area contributed by atoms with Gasteiger partial charge in [0, 0.05) is 26.1 Å². The average molecular weight is 297 g/mol. The molecule has 2 heterocycles. The number of urea groups is 1. The molecule has 1 unspecified atom stereocenters. The minimum Gasteiger partial charge on any atom is -0.481 e. The Morgan fingerprint density at radius 2 is 2.43 bits per heavy atom. The van der Waals surface area contributed by atoms with E-state index in [4.69, 9.17) is 9.84 Å². The van der Waals surface area contributed by atoms with E-state index in [1.165, 1.54) is 6.33 Å². The van der Waals surface area contributed by atoms with Crippen molar-refractivity contribution in [3.8, 4) is 0 Å². The van der Waals surface area contributed by atoms with Gasteiger partial charge < -0.3 is 20.1 Å². The molecule has 9 heteroatoms. The van der Waals surface area contributed by atoms with E-state index in [1.807, 2.05) is 0 Å². The number of aliphatic carboxylic acids is 1. The Balaban J connectivity index is 1.66. The fourth-order valence-corrected chi connectivity index (χ4v) is 2.14. The lowest BCUT2D eigenvalue weighted by molar-refractivity contribution is -0.141. The van der Waals surface area contributed by atoms with Crippen LogP contribution in [0.1, 0.15) is 18.7 Å². The minimum atomic E-state index is -0.922. The Kier molecular flexibility index (Phi) is 5.50. The summed E-state index contributed by atoms with van der Waals surface area (Å²) < 4.78 is 5.32. The molecule has 1 aromatic heterocycles. The number of amides is 2. The second kappa shape index (κ2) is 7.58. The molecule has 0 spiro atoms. The van der Waals surface area contributed by atoms with Gasteiger partial charge in [-0.25, -0.2) is 9.78 Å². The largest absolute Gasteiger partial charge is 0.481 e. The molecule has 116 valence electrons. The van der Waals surface area contributed by atoms with Crippen LogP contribution >= 0.6 is 0 Å². The maximum Gasteiger partial charge on any atom is 0.317 e. The number of carboxylic acid groups (broad SMARTS) is 1. The molecule has 1 aliphatic heterocycles.